The van der Waals surface area contributed by atoms with Crippen LogP contribution in [0, 0.1) is 0 Å². The van der Waals surface area contributed by atoms with Crippen LogP contribution in [0.25, 0.3) is 0 Å². The van der Waals surface area contributed by atoms with E-state index in [0.717, 1.165) is 19.6 Å². The van der Waals surface area contributed by atoms with Gasteiger partial charge in [-0.05, 0) is 31.5 Å². The largest absolute Gasteiger partial charge is 0.380 e. The first-order valence-corrected chi connectivity index (χ1v) is 7.15. The fourth-order valence-corrected chi connectivity index (χ4v) is 1.94. The number of hydrogen-bond acceptors (Lipinski definition) is 3. The first-order chi connectivity index (χ1) is 9.17. The number of nitrogens with one attached hydrogen (secondary N) is 1. The minimum Gasteiger partial charge on any atom is -0.380 e. The Bertz CT molecular complexity index is 337. The lowest BCUT2D eigenvalue weighted by Gasteiger charge is -2.23. The Morgan fingerprint density at radius 1 is 1.21 bits per heavy atom. The Labute approximate surface area is 118 Å². The number of rotatable bonds is 9. The highest BCUT2D eigenvalue weighted by Gasteiger charge is 2.05. The van der Waals surface area contributed by atoms with Gasteiger partial charge in [0.1, 0.15) is 0 Å². The average molecular weight is 264 g/mol. The van der Waals surface area contributed by atoms with E-state index in [1.165, 1.54) is 17.5 Å². The number of nitrogens with zero attached hydrogens (tertiary/aromatic N) is 1. The van der Waals surface area contributed by atoms with Crippen molar-refractivity contribution >= 4 is 0 Å². The monoisotopic (exact) mass is 264 g/mol. The van der Waals surface area contributed by atoms with Gasteiger partial charge in [-0.2, -0.15) is 0 Å². The van der Waals surface area contributed by atoms with Gasteiger partial charge in [0.2, 0.25) is 0 Å². The predicted molar refractivity (Wildman–Crippen MR) is 81.2 cm³/mol. The van der Waals surface area contributed by atoms with E-state index < -0.39 is 0 Å². The van der Waals surface area contributed by atoms with E-state index >= 15 is 0 Å². The van der Waals surface area contributed by atoms with E-state index in [9.17, 15) is 0 Å². The van der Waals surface area contributed by atoms with Crippen molar-refractivity contribution < 1.29 is 4.74 Å². The Kier molecular flexibility index (Phi) is 7.72. The molecule has 0 heterocycles. The topological polar surface area (TPSA) is 24.5 Å². The number of likely N-dealkylation sites (N-methyl/N-ethyl adjacent to an activating group) is 1. The summed E-state index contributed by atoms with van der Waals surface area (Å²) in [5, 5.41) is 3.49. The van der Waals surface area contributed by atoms with Gasteiger partial charge >= 0.3 is 0 Å². The fourth-order valence-electron chi connectivity index (χ4n) is 1.94. The first kappa shape index (κ1) is 16.2. The minimum absolute atomic E-state index is 0.662. The fraction of sp³-hybridized carbons (Fsp3) is 0.625. The number of benzene rings is 1. The van der Waals surface area contributed by atoms with Gasteiger partial charge in [0.15, 0.2) is 0 Å². The van der Waals surface area contributed by atoms with Crippen LogP contribution in [0.5, 0.6) is 0 Å². The zero-order chi connectivity index (χ0) is 14.1. The van der Waals surface area contributed by atoms with Crippen molar-refractivity contribution in [3.05, 3.63) is 35.4 Å². The first-order valence-electron chi connectivity index (χ1n) is 7.15. The maximum absolute atomic E-state index is 5.10. The summed E-state index contributed by atoms with van der Waals surface area (Å²) in [5.74, 6) is 0. The smallest absolute Gasteiger partial charge is 0.0713 e. The molecule has 0 radical (unpaired) electrons. The molecule has 0 fully saturated rings. The van der Waals surface area contributed by atoms with E-state index in [0.29, 0.717) is 12.6 Å². The molecule has 3 heteroatoms. The molecule has 1 rings (SSSR count). The summed E-state index contributed by atoms with van der Waals surface area (Å²) in [5.41, 5.74) is 2.55. The maximum Gasteiger partial charge on any atom is 0.0713 e. The molecule has 0 aliphatic carbocycles. The van der Waals surface area contributed by atoms with Crippen LogP contribution >= 0.6 is 0 Å². The Morgan fingerprint density at radius 3 is 2.42 bits per heavy atom. The highest BCUT2D eigenvalue weighted by Crippen LogP contribution is 2.05. The summed E-state index contributed by atoms with van der Waals surface area (Å²) in [4.78, 5) is 2.40. The number of ether oxygens (including phenoxy) is 1. The molecule has 0 aromatic heterocycles. The Morgan fingerprint density at radius 2 is 1.84 bits per heavy atom. The molecule has 0 saturated carbocycles. The van der Waals surface area contributed by atoms with Crippen molar-refractivity contribution in [1.82, 2.24) is 10.2 Å². The third-order valence-corrected chi connectivity index (χ3v) is 3.65. The molecule has 0 aliphatic heterocycles. The predicted octanol–water partition coefficient (Wildman–Crippen LogP) is 2.65. The SMILES string of the molecule is CCC(C)N(C)CCNCc1ccc(COC)cc1. The molecule has 108 valence electrons. The lowest BCUT2D eigenvalue weighted by atomic mass is 10.1. The van der Waals surface area contributed by atoms with Gasteiger partial charge in [-0.1, -0.05) is 31.2 Å². The molecule has 1 aromatic rings. The molecule has 0 saturated heterocycles. The van der Waals surface area contributed by atoms with Gasteiger partial charge in [-0.3, -0.25) is 0 Å². The second kappa shape index (κ2) is 9.08. The van der Waals surface area contributed by atoms with E-state index in [1.807, 2.05) is 0 Å². The van der Waals surface area contributed by atoms with Crippen molar-refractivity contribution in [3.63, 3.8) is 0 Å². The molecule has 3 nitrogen and oxygen atoms in total. The summed E-state index contributed by atoms with van der Waals surface area (Å²) >= 11 is 0. The third kappa shape index (κ3) is 6.19. The molecule has 1 N–H and O–H groups in total. The van der Waals surface area contributed by atoms with E-state index in [1.54, 1.807) is 7.11 Å². The van der Waals surface area contributed by atoms with E-state index in [-0.39, 0.29) is 0 Å². The Balaban J connectivity index is 2.22. The number of methoxy groups -OCH3 is 1. The van der Waals surface area contributed by atoms with Crippen LogP contribution in [0.3, 0.4) is 0 Å². The van der Waals surface area contributed by atoms with E-state index in [4.69, 9.17) is 4.74 Å². The van der Waals surface area contributed by atoms with Crippen molar-refractivity contribution in [3.8, 4) is 0 Å². The second-order valence-corrected chi connectivity index (χ2v) is 5.16. The molecule has 0 spiro atoms. The van der Waals surface area contributed by atoms with Gasteiger partial charge in [-0.15, -0.1) is 0 Å². The number of hydrogen-bond donors (Lipinski definition) is 1. The highest BCUT2D eigenvalue weighted by atomic mass is 16.5. The average Bonchev–Trinajstić information content (AvgIpc) is 2.44. The quantitative estimate of drug-likeness (QED) is 0.694. The standard InChI is InChI=1S/C16H28N2O/c1-5-14(2)18(3)11-10-17-12-15-6-8-16(9-7-15)13-19-4/h6-9,14,17H,5,10-13H2,1-4H3. The minimum atomic E-state index is 0.662. The second-order valence-electron chi connectivity index (χ2n) is 5.16. The van der Waals surface area contributed by atoms with Crippen molar-refractivity contribution in [2.24, 2.45) is 0 Å². The van der Waals surface area contributed by atoms with Crippen molar-refractivity contribution in [1.29, 1.82) is 0 Å². The molecule has 1 unspecified atom stereocenters. The van der Waals surface area contributed by atoms with Gasteiger partial charge < -0.3 is 15.0 Å². The molecular weight excluding hydrogens is 236 g/mol. The zero-order valence-electron chi connectivity index (χ0n) is 12.8. The molecular formula is C16H28N2O. The van der Waals surface area contributed by atoms with E-state index in [2.05, 4.69) is 55.4 Å². The lowest BCUT2D eigenvalue weighted by Crippen LogP contribution is -2.34. The van der Waals surface area contributed by atoms with Crippen LogP contribution in [0.2, 0.25) is 0 Å². The van der Waals surface area contributed by atoms with Crippen LogP contribution < -0.4 is 5.32 Å². The maximum atomic E-state index is 5.10. The normalized spacial score (nSPS) is 12.9. The van der Waals surface area contributed by atoms with Crippen LogP contribution in [-0.4, -0.2) is 38.2 Å². The van der Waals surface area contributed by atoms with Gasteiger partial charge in [-0.25, -0.2) is 0 Å². The van der Waals surface area contributed by atoms with Crippen molar-refractivity contribution in [2.75, 3.05) is 27.2 Å². The summed E-state index contributed by atoms with van der Waals surface area (Å²) < 4.78 is 5.10. The highest BCUT2D eigenvalue weighted by molar-refractivity contribution is 5.21. The van der Waals surface area contributed by atoms with Crippen LogP contribution in [0.4, 0.5) is 0 Å². The van der Waals surface area contributed by atoms with Crippen molar-refractivity contribution in [2.45, 2.75) is 39.5 Å². The third-order valence-electron chi connectivity index (χ3n) is 3.65. The lowest BCUT2D eigenvalue weighted by molar-refractivity contribution is 0.185. The molecule has 1 aromatic carbocycles. The molecule has 1 atom stereocenters. The zero-order valence-corrected chi connectivity index (χ0v) is 12.8. The van der Waals surface area contributed by atoms with Crippen LogP contribution in [0.15, 0.2) is 24.3 Å². The molecule has 0 aliphatic rings. The summed E-state index contributed by atoms with van der Waals surface area (Å²) in [6.45, 7) is 8.25. The van der Waals surface area contributed by atoms with Gasteiger partial charge in [0, 0.05) is 32.8 Å². The van der Waals surface area contributed by atoms with Crippen LogP contribution in [0.1, 0.15) is 31.4 Å². The van der Waals surface area contributed by atoms with Gasteiger partial charge in [0.25, 0.3) is 0 Å². The Hall–Kier alpha value is -0.900. The van der Waals surface area contributed by atoms with Crippen LogP contribution in [-0.2, 0) is 17.9 Å². The molecule has 0 amide bonds. The molecule has 0 bridgehead atoms. The molecule has 19 heavy (non-hydrogen) atoms. The summed E-state index contributed by atoms with van der Waals surface area (Å²) in [7, 11) is 3.92. The summed E-state index contributed by atoms with van der Waals surface area (Å²) in [6, 6.07) is 9.26. The summed E-state index contributed by atoms with van der Waals surface area (Å²) in [6.07, 6.45) is 1.21. The van der Waals surface area contributed by atoms with Gasteiger partial charge in [0.05, 0.1) is 6.61 Å².